The quantitative estimate of drug-likeness (QED) is 0.176. The van der Waals surface area contributed by atoms with Gasteiger partial charge in [0.1, 0.15) is 6.17 Å². The fraction of sp³-hybridized carbons (Fsp3) is 0.926. The Morgan fingerprint density at radius 3 is 1.41 bits per heavy atom. The molecule has 0 aliphatic carbocycles. The summed E-state index contributed by atoms with van der Waals surface area (Å²) in [6.45, 7) is 5.85. The van der Waals surface area contributed by atoms with E-state index < -0.39 is 0 Å². The van der Waals surface area contributed by atoms with E-state index in [1.165, 1.54) is 135 Å². The van der Waals surface area contributed by atoms with Gasteiger partial charge in [-0.1, -0.05) is 123 Å². The Labute approximate surface area is 184 Å². The summed E-state index contributed by atoms with van der Waals surface area (Å²) in [5.41, 5.74) is 0. The van der Waals surface area contributed by atoms with E-state index in [0.717, 1.165) is 0 Å². The third-order valence-electron chi connectivity index (χ3n) is 6.68. The molecule has 2 heteroatoms. The van der Waals surface area contributed by atoms with Gasteiger partial charge in [0.05, 0.1) is 0 Å². The van der Waals surface area contributed by atoms with Crippen LogP contribution in [0.1, 0.15) is 142 Å². The van der Waals surface area contributed by atoms with E-state index >= 15 is 0 Å². The van der Waals surface area contributed by atoms with Crippen LogP contribution in [0, 0.1) is 0 Å². The summed E-state index contributed by atoms with van der Waals surface area (Å²) < 4.78 is 0. The summed E-state index contributed by atoms with van der Waals surface area (Å²) >= 11 is 0. The maximum absolute atomic E-state index is 2.60. The second-order valence-corrected chi connectivity index (χ2v) is 9.48. The molecule has 1 rings (SSSR count). The average Bonchev–Trinajstić information content (AvgIpc) is 3.07. The van der Waals surface area contributed by atoms with E-state index in [0.29, 0.717) is 6.17 Å². The molecule has 0 aromatic carbocycles. The highest BCUT2D eigenvalue weighted by Crippen LogP contribution is 2.21. The summed E-state index contributed by atoms with van der Waals surface area (Å²) in [7, 11) is 2.25. The van der Waals surface area contributed by atoms with Crippen molar-refractivity contribution in [2.45, 2.75) is 148 Å². The molecule has 0 saturated heterocycles. The van der Waals surface area contributed by atoms with Crippen molar-refractivity contribution in [3.8, 4) is 0 Å². The van der Waals surface area contributed by atoms with Gasteiger partial charge in [-0.05, 0) is 19.3 Å². The average molecular weight is 407 g/mol. The predicted molar refractivity (Wildman–Crippen MR) is 131 cm³/mol. The summed E-state index contributed by atoms with van der Waals surface area (Å²) in [6, 6.07) is 0. The van der Waals surface area contributed by atoms with E-state index in [9.17, 15) is 0 Å². The third-order valence-corrected chi connectivity index (χ3v) is 6.68. The van der Waals surface area contributed by atoms with Crippen molar-refractivity contribution in [3.05, 3.63) is 12.4 Å². The molecule has 1 heterocycles. The minimum Gasteiger partial charge on any atom is -0.359 e. The summed E-state index contributed by atoms with van der Waals surface area (Å²) in [5.74, 6) is 0. The second-order valence-electron chi connectivity index (χ2n) is 9.48. The second kappa shape index (κ2) is 19.3. The highest BCUT2D eigenvalue weighted by Gasteiger charge is 2.22. The van der Waals surface area contributed by atoms with E-state index in [1.54, 1.807) is 0 Å². The molecular formula is C27H54N2. The number of hydrogen-bond donors (Lipinski definition) is 0. The molecule has 0 saturated carbocycles. The molecule has 1 unspecified atom stereocenters. The van der Waals surface area contributed by atoms with Gasteiger partial charge >= 0.3 is 0 Å². The standard InChI is InChI=1S/C27H54N2/c1-4-6-8-10-11-12-13-14-15-16-17-18-20-22-24-29-26-25-28(3)27(29)23-21-19-9-7-5-2/h25-27H,4-24H2,1-3H3. The Bertz CT molecular complexity index is 366. The fourth-order valence-electron chi connectivity index (χ4n) is 4.64. The molecule has 0 fully saturated rings. The first-order valence-electron chi connectivity index (χ1n) is 13.5. The van der Waals surface area contributed by atoms with Gasteiger partial charge in [-0.3, -0.25) is 0 Å². The third kappa shape index (κ3) is 14.1. The zero-order valence-electron chi connectivity index (χ0n) is 20.5. The maximum atomic E-state index is 2.60. The topological polar surface area (TPSA) is 6.48 Å². The van der Waals surface area contributed by atoms with Crippen molar-refractivity contribution in [1.82, 2.24) is 9.80 Å². The molecule has 2 nitrogen and oxygen atoms in total. The van der Waals surface area contributed by atoms with Crippen LogP contribution in [0.5, 0.6) is 0 Å². The lowest BCUT2D eigenvalue weighted by molar-refractivity contribution is 0.159. The largest absolute Gasteiger partial charge is 0.359 e. The smallest absolute Gasteiger partial charge is 0.100 e. The van der Waals surface area contributed by atoms with Gasteiger partial charge in [0.25, 0.3) is 0 Å². The Kier molecular flexibility index (Phi) is 17.6. The van der Waals surface area contributed by atoms with Gasteiger partial charge in [0.15, 0.2) is 0 Å². The lowest BCUT2D eigenvalue weighted by Crippen LogP contribution is -2.37. The van der Waals surface area contributed by atoms with Gasteiger partial charge in [-0.15, -0.1) is 0 Å². The zero-order valence-corrected chi connectivity index (χ0v) is 20.5. The predicted octanol–water partition coefficient (Wildman–Crippen LogP) is 8.87. The molecule has 0 spiro atoms. The van der Waals surface area contributed by atoms with Crippen LogP contribution in [0.2, 0.25) is 0 Å². The summed E-state index contributed by atoms with van der Waals surface area (Å²) in [6.07, 6.45) is 33.7. The SMILES string of the molecule is CCCCCCCCCCCCCCCCN1C=CN(C)C1CCCCCCC. The van der Waals surface area contributed by atoms with Gasteiger partial charge < -0.3 is 9.80 Å². The van der Waals surface area contributed by atoms with Crippen LogP contribution in [0.15, 0.2) is 12.4 Å². The molecule has 29 heavy (non-hydrogen) atoms. The molecule has 1 aliphatic rings. The van der Waals surface area contributed by atoms with Crippen LogP contribution in [0.25, 0.3) is 0 Å². The molecule has 0 bridgehead atoms. The van der Waals surface area contributed by atoms with Crippen molar-refractivity contribution < 1.29 is 0 Å². The molecule has 172 valence electrons. The highest BCUT2D eigenvalue weighted by molar-refractivity contribution is 4.95. The van der Waals surface area contributed by atoms with E-state index in [2.05, 4.69) is 43.1 Å². The monoisotopic (exact) mass is 406 g/mol. The molecule has 0 aromatic rings. The van der Waals surface area contributed by atoms with Gasteiger partial charge in [-0.25, -0.2) is 0 Å². The number of nitrogens with zero attached hydrogens (tertiary/aromatic N) is 2. The number of unbranched alkanes of at least 4 members (excludes halogenated alkanes) is 17. The first kappa shape index (κ1) is 26.4. The first-order chi connectivity index (χ1) is 14.3. The van der Waals surface area contributed by atoms with E-state index in [-0.39, 0.29) is 0 Å². The van der Waals surface area contributed by atoms with Crippen LogP contribution in [0.3, 0.4) is 0 Å². The van der Waals surface area contributed by atoms with Crippen molar-refractivity contribution in [3.63, 3.8) is 0 Å². The van der Waals surface area contributed by atoms with Crippen LogP contribution < -0.4 is 0 Å². The van der Waals surface area contributed by atoms with Crippen molar-refractivity contribution in [1.29, 1.82) is 0 Å². The highest BCUT2D eigenvalue weighted by atomic mass is 15.4. The van der Waals surface area contributed by atoms with Crippen LogP contribution in [0.4, 0.5) is 0 Å². The van der Waals surface area contributed by atoms with Crippen molar-refractivity contribution in [2.24, 2.45) is 0 Å². The number of hydrogen-bond acceptors (Lipinski definition) is 2. The summed E-state index contributed by atoms with van der Waals surface area (Å²) in [5, 5.41) is 0. The molecule has 0 amide bonds. The van der Waals surface area contributed by atoms with Gasteiger partial charge in [-0.2, -0.15) is 0 Å². The first-order valence-corrected chi connectivity index (χ1v) is 13.5. The minimum absolute atomic E-state index is 0.624. The Hall–Kier alpha value is -0.660. The van der Waals surface area contributed by atoms with E-state index in [1.807, 2.05) is 0 Å². The Balaban J connectivity index is 1.90. The lowest BCUT2D eigenvalue weighted by atomic mass is 10.0. The number of rotatable bonds is 21. The maximum Gasteiger partial charge on any atom is 0.100 e. The van der Waals surface area contributed by atoms with Crippen LogP contribution >= 0.6 is 0 Å². The molecule has 1 atom stereocenters. The van der Waals surface area contributed by atoms with E-state index in [4.69, 9.17) is 0 Å². The zero-order chi connectivity index (χ0) is 21.0. The molecule has 0 radical (unpaired) electrons. The molecular weight excluding hydrogens is 352 g/mol. The molecule has 0 aromatic heterocycles. The normalized spacial score (nSPS) is 16.3. The lowest BCUT2D eigenvalue weighted by Gasteiger charge is -2.30. The Morgan fingerprint density at radius 1 is 0.517 bits per heavy atom. The van der Waals surface area contributed by atoms with Gasteiger partial charge in [0.2, 0.25) is 0 Å². The van der Waals surface area contributed by atoms with Crippen molar-refractivity contribution in [2.75, 3.05) is 13.6 Å². The van der Waals surface area contributed by atoms with Crippen LogP contribution in [-0.4, -0.2) is 29.6 Å². The van der Waals surface area contributed by atoms with Crippen LogP contribution in [-0.2, 0) is 0 Å². The summed E-state index contributed by atoms with van der Waals surface area (Å²) in [4.78, 5) is 5.02. The fourth-order valence-corrected chi connectivity index (χ4v) is 4.64. The molecule has 1 aliphatic heterocycles. The Morgan fingerprint density at radius 2 is 0.931 bits per heavy atom. The van der Waals surface area contributed by atoms with Gasteiger partial charge in [0, 0.05) is 26.0 Å². The minimum atomic E-state index is 0.624. The molecule has 0 N–H and O–H groups in total. The van der Waals surface area contributed by atoms with Crippen molar-refractivity contribution >= 4 is 0 Å².